The molecule has 0 aliphatic heterocycles. The van der Waals surface area contributed by atoms with Crippen molar-refractivity contribution in [3.05, 3.63) is 188 Å². The van der Waals surface area contributed by atoms with Gasteiger partial charge in [-0.2, -0.15) is 0 Å². The molecule has 0 atom stereocenters. The molecule has 0 fully saturated rings. The Morgan fingerprint density at radius 3 is 1.04 bits per heavy atom. The molecule has 47 heavy (non-hydrogen) atoms. The minimum atomic E-state index is 1.19. The van der Waals surface area contributed by atoms with Gasteiger partial charge >= 0.3 is 0 Å². The highest BCUT2D eigenvalue weighted by Gasteiger charge is 2.36. The van der Waals surface area contributed by atoms with E-state index >= 15 is 0 Å². The highest BCUT2D eigenvalue weighted by molar-refractivity contribution is 6.25. The van der Waals surface area contributed by atoms with Crippen LogP contribution in [0.15, 0.2) is 188 Å². The first-order chi connectivity index (χ1) is 23.4. The second-order valence-electron chi connectivity index (χ2n) is 12.2. The predicted octanol–water partition coefficient (Wildman–Crippen LogP) is 13.1. The highest BCUT2D eigenvalue weighted by Crippen LogP contribution is 2.60. The molecule has 0 nitrogen and oxygen atoms in total. The predicted molar refractivity (Wildman–Crippen MR) is 200 cm³/mol. The standard InChI is InChI=1S/C47H31/c1-6-18-33(19-7-1)41-42(34-20-8-2-9-21-34)44(36-24-12-4-13-25-36)46-38-30-16-28-32-29-17-31-39(40(32)38)47(46)45(37-26-14-5-15-27-37)43(41)35-22-10-3-11-23-35/h1-31H/q+1. The van der Waals surface area contributed by atoms with E-state index in [0.29, 0.717) is 0 Å². The first-order valence-corrected chi connectivity index (χ1v) is 16.3. The van der Waals surface area contributed by atoms with E-state index in [1.807, 2.05) is 0 Å². The molecule has 0 radical (unpaired) electrons. The summed E-state index contributed by atoms with van der Waals surface area (Å²) in [6.07, 6.45) is 0. The summed E-state index contributed by atoms with van der Waals surface area (Å²) in [5.74, 6) is 0. The molecule has 0 N–H and O–H groups in total. The molecule has 0 saturated heterocycles. The molecule has 0 unspecified atom stereocenters. The van der Waals surface area contributed by atoms with Gasteiger partial charge in [-0.05, 0) is 94.7 Å². The Morgan fingerprint density at radius 2 is 0.638 bits per heavy atom. The summed E-state index contributed by atoms with van der Waals surface area (Å²) in [4.78, 5) is 0. The summed E-state index contributed by atoms with van der Waals surface area (Å²) in [6, 6.07) is 68.7. The molecule has 0 amide bonds. The lowest BCUT2D eigenvalue weighted by Crippen LogP contribution is -1.93. The summed E-state index contributed by atoms with van der Waals surface area (Å²) < 4.78 is 0. The summed E-state index contributed by atoms with van der Waals surface area (Å²) in [5, 5.41) is 2.59. The molecule has 218 valence electrons. The zero-order valence-electron chi connectivity index (χ0n) is 25.9. The Labute approximate surface area is 275 Å². The van der Waals surface area contributed by atoms with Crippen molar-refractivity contribution in [2.75, 3.05) is 0 Å². The maximum absolute atomic E-state index is 2.33. The number of hydrogen-bond acceptors (Lipinski definition) is 0. The van der Waals surface area contributed by atoms with E-state index in [2.05, 4.69) is 188 Å². The van der Waals surface area contributed by atoms with Crippen LogP contribution in [0, 0.1) is 0 Å². The van der Waals surface area contributed by atoms with Gasteiger partial charge in [0.15, 0.2) is 0 Å². The Hall–Kier alpha value is -6.11. The molecule has 0 spiro atoms. The van der Waals surface area contributed by atoms with Crippen molar-refractivity contribution in [1.82, 2.24) is 0 Å². The van der Waals surface area contributed by atoms with Gasteiger partial charge < -0.3 is 0 Å². The molecular weight excluding hydrogens is 565 g/mol. The third-order valence-corrected chi connectivity index (χ3v) is 9.51. The molecule has 0 heterocycles. The van der Waals surface area contributed by atoms with Crippen molar-refractivity contribution in [2.45, 2.75) is 0 Å². The van der Waals surface area contributed by atoms with Gasteiger partial charge in [0.05, 0.1) is 22.3 Å². The Kier molecular flexibility index (Phi) is 6.58. The first-order valence-electron chi connectivity index (χ1n) is 16.3. The fraction of sp³-hybridized carbons (Fsp3) is 0. The second kappa shape index (κ2) is 11.4. The van der Waals surface area contributed by atoms with Crippen molar-refractivity contribution in [3.8, 4) is 77.9 Å². The third-order valence-electron chi connectivity index (χ3n) is 9.51. The fourth-order valence-corrected chi connectivity index (χ4v) is 7.64. The molecule has 0 heteroatoms. The minimum Gasteiger partial charge on any atom is -0.0622 e. The first kappa shape index (κ1) is 27.2. The monoisotopic (exact) mass is 595 g/mol. The van der Waals surface area contributed by atoms with Crippen LogP contribution in [0.5, 0.6) is 0 Å². The number of hydrogen-bond donors (Lipinski definition) is 0. The van der Waals surface area contributed by atoms with E-state index in [1.165, 1.54) is 88.7 Å². The largest absolute Gasteiger partial charge is 0.0698 e. The van der Waals surface area contributed by atoms with Crippen molar-refractivity contribution in [1.29, 1.82) is 0 Å². The lowest BCUT2D eigenvalue weighted by atomic mass is 9.83. The van der Waals surface area contributed by atoms with Crippen molar-refractivity contribution >= 4 is 10.8 Å². The molecule has 8 aromatic carbocycles. The summed E-state index contributed by atoms with van der Waals surface area (Å²) in [7, 11) is 0. The lowest BCUT2D eigenvalue weighted by molar-refractivity contribution is 1.57. The highest BCUT2D eigenvalue weighted by atomic mass is 14.3. The average molecular weight is 596 g/mol. The van der Waals surface area contributed by atoms with Crippen LogP contribution in [0.1, 0.15) is 0 Å². The van der Waals surface area contributed by atoms with E-state index in [-0.39, 0.29) is 0 Å². The quantitative estimate of drug-likeness (QED) is 0.174. The maximum Gasteiger partial charge on any atom is 0.0698 e. The molecule has 1 aliphatic carbocycles. The maximum atomic E-state index is 2.33. The van der Waals surface area contributed by atoms with E-state index in [0.717, 1.165) is 0 Å². The van der Waals surface area contributed by atoms with Crippen molar-refractivity contribution in [3.63, 3.8) is 0 Å². The van der Waals surface area contributed by atoms with Gasteiger partial charge in [-0.3, -0.25) is 0 Å². The molecule has 0 saturated carbocycles. The Balaban J connectivity index is 1.67. The van der Waals surface area contributed by atoms with Crippen molar-refractivity contribution in [2.24, 2.45) is 0 Å². The zero-order chi connectivity index (χ0) is 31.2. The summed E-state index contributed by atoms with van der Waals surface area (Å²) in [6.45, 7) is 0. The molecule has 8 aromatic rings. The smallest absolute Gasteiger partial charge is 0.0622 e. The summed E-state index contributed by atoms with van der Waals surface area (Å²) in [5.41, 5.74) is 17.4. The molecule has 9 rings (SSSR count). The van der Waals surface area contributed by atoms with Gasteiger partial charge in [-0.1, -0.05) is 115 Å². The van der Waals surface area contributed by atoms with Crippen LogP contribution in [-0.4, -0.2) is 0 Å². The van der Waals surface area contributed by atoms with Crippen LogP contribution in [0.2, 0.25) is 0 Å². The Bertz CT molecular complexity index is 2250. The van der Waals surface area contributed by atoms with Gasteiger partial charge in [0.1, 0.15) is 0 Å². The number of rotatable bonds is 5. The molecular formula is C47H31+. The summed E-state index contributed by atoms with van der Waals surface area (Å²) >= 11 is 0. The number of benzene rings is 7. The van der Waals surface area contributed by atoms with Gasteiger partial charge in [0, 0.05) is 44.5 Å². The van der Waals surface area contributed by atoms with Gasteiger partial charge in [0.2, 0.25) is 0 Å². The molecule has 1 aliphatic rings. The van der Waals surface area contributed by atoms with Crippen LogP contribution in [0.4, 0.5) is 0 Å². The molecule has 0 aromatic heterocycles. The van der Waals surface area contributed by atoms with E-state index in [4.69, 9.17) is 0 Å². The fourth-order valence-electron chi connectivity index (χ4n) is 7.64. The van der Waals surface area contributed by atoms with Crippen LogP contribution in [0.3, 0.4) is 0 Å². The normalized spacial score (nSPS) is 11.4. The topological polar surface area (TPSA) is 0 Å². The zero-order valence-corrected chi connectivity index (χ0v) is 25.9. The second-order valence-corrected chi connectivity index (χ2v) is 12.2. The van der Waals surface area contributed by atoms with Gasteiger partial charge in [-0.15, -0.1) is 0 Å². The van der Waals surface area contributed by atoms with E-state index in [9.17, 15) is 0 Å². The number of fused-ring (bicyclic) bond motifs is 3. The van der Waals surface area contributed by atoms with E-state index in [1.54, 1.807) is 0 Å². The van der Waals surface area contributed by atoms with Crippen LogP contribution >= 0.6 is 0 Å². The Morgan fingerprint density at radius 1 is 0.277 bits per heavy atom. The lowest BCUT2D eigenvalue weighted by Gasteiger charge is -2.15. The minimum absolute atomic E-state index is 1.19. The van der Waals surface area contributed by atoms with Crippen molar-refractivity contribution < 1.29 is 0 Å². The average Bonchev–Trinajstić information content (AvgIpc) is 3.39. The van der Waals surface area contributed by atoms with Gasteiger partial charge in [0.25, 0.3) is 0 Å². The third kappa shape index (κ3) is 4.42. The van der Waals surface area contributed by atoms with Crippen LogP contribution in [0.25, 0.3) is 88.7 Å². The van der Waals surface area contributed by atoms with Gasteiger partial charge in [-0.25, -0.2) is 0 Å². The van der Waals surface area contributed by atoms with E-state index < -0.39 is 0 Å². The van der Waals surface area contributed by atoms with Crippen LogP contribution in [-0.2, 0) is 0 Å². The SMILES string of the molecule is c1ccc(-c2c3c(c(-c4ccccc4)c(-c4ccccc4)[c+](-c4ccccc4)c2-c2ccccc2)-c2cccc4cccc-3c24)cc1. The van der Waals surface area contributed by atoms with Crippen LogP contribution < -0.4 is 0 Å². The molecule has 0 bridgehead atoms.